The van der Waals surface area contributed by atoms with Gasteiger partial charge in [-0.1, -0.05) is 0 Å². The first-order valence-corrected chi connectivity index (χ1v) is 8.13. The van der Waals surface area contributed by atoms with Crippen LogP contribution in [0.3, 0.4) is 0 Å². The molecule has 20 heteroatoms. The molecule has 20 nitrogen and oxygen atoms in total. The van der Waals surface area contributed by atoms with Crippen LogP contribution in [-0.4, -0.2) is 78.2 Å². The molecule has 0 aromatic carbocycles. The fourth-order valence-corrected chi connectivity index (χ4v) is 1.86. The molecule has 0 saturated carbocycles. The number of anilines is 7. The third-order valence-corrected chi connectivity index (χ3v) is 3.02. The summed E-state index contributed by atoms with van der Waals surface area (Å²) in [5, 5.41) is 49.2. The van der Waals surface area contributed by atoms with Crippen LogP contribution in [-0.2, 0) is 0 Å². The Morgan fingerprint density at radius 2 is 1.10 bits per heavy atom. The molecule has 4 aromatic rings. The van der Waals surface area contributed by atoms with Crippen LogP contribution in [0.15, 0.2) is 0 Å². The lowest BCUT2D eigenvalue weighted by molar-refractivity contribution is 0.827. The third-order valence-electron chi connectivity index (χ3n) is 3.02. The minimum atomic E-state index is 0.0783. The van der Waals surface area contributed by atoms with Crippen molar-refractivity contribution in [2.75, 3.05) is 34.0 Å². The Hall–Kier alpha value is -4.88. The number of hydrazine groups is 2. The van der Waals surface area contributed by atoms with Crippen molar-refractivity contribution in [3.8, 4) is 0 Å². The maximum Gasteiger partial charge on any atom is 0.280 e. The van der Waals surface area contributed by atoms with E-state index < -0.39 is 0 Å². The van der Waals surface area contributed by atoms with E-state index in [0.717, 1.165) is 0 Å². The monoisotopic (exact) mass is 414 g/mol. The van der Waals surface area contributed by atoms with Gasteiger partial charge < -0.3 is 0 Å². The minimum Gasteiger partial charge on any atom is -0.289 e. The van der Waals surface area contributed by atoms with Gasteiger partial charge in [0.15, 0.2) is 0 Å². The highest BCUT2D eigenvalue weighted by Crippen LogP contribution is 2.09. The Bertz CT molecular complexity index is 1070. The molecule has 4 heterocycles. The largest absolute Gasteiger partial charge is 0.289 e. The standard InChI is InChI=1S/C10H14N20/c1-3-12-4(18-16-3)13-6-21-23-8(24-22-6)15-5-14-7(20-19-5)25-28-10-29-26-9(17-11-2)27-30-10/h11H,1-2H3,(H,17,26,27)(H,28,29,30)(H2,12,13,16,18,21,22)(H3,14,15,19,20,23,24,25). The van der Waals surface area contributed by atoms with Crippen LogP contribution in [0.25, 0.3) is 0 Å². The van der Waals surface area contributed by atoms with E-state index in [1.165, 1.54) is 0 Å². The highest BCUT2D eigenvalue weighted by atomic mass is 15.5. The van der Waals surface area contributed by atoms with E-state index >= 15 is 0 Å². The number of aryl methyl sites for hydroxylation is 1. The van der Waals surface area contributed by atoms with Crippen LogP contribution in [0.5, 0.6) is 0 Å². The molecule has 0 amide bonds. The molecule has 0 bridgehead atoms. The summed E-state index contributed by atoms with van der Waals surface area (Å²) < 4.78 is 0. The summed E-state index contributed by atoms with van der Waals surface area (Å²) >= 11 is 0. The van der Waals surface area contributed by atoms with Gasteiger partial charge in [0.1, 0.15) is 5.82 Å². The third kappa shape index (κ3) is 4.69. The van der Waals surface area contributed by atoms with E-state index in [1.54, 1.807) is 14.0 Å². The van der Waals surface area contributed by atoms with Crippen molar-refractivity contribution >= 4 is 41.6 Å². The molecular weight excluding hydrogens is 400 g/mol. The van der Waals surface area contributed by atoms with Crippen LogP contribution in [0, 0.1) is 6.92 Å². The SMILES string of the molecule is CNNc1nnc(NNc2nc(Nc3nnc(Nc4n[nH]c(C)n4)nn3)n[nH]2)nn1. The van der Waals surface area contributed by atoms with Gasteiger partial charge in [0.2, 0.25) is 11.9 Å². The Balaban J connectivity index is 1.29. The first kappa shape index (κ1) is 18.5. The van der Waals surface area contributed by atoms with Crippen molar-refractivity contribution in [1.29, 1.82) is 0 Å². The van der Waals surface area contributed by atoms with Crippen LogP contribution in [0.2, 0.25) is 0 Å². The molecule has 8 N–H and O–H groups in total. The zero-order chi connectivity index (χ0) is 20.8. The van der Waals surface area contributed by atoms with E-state index in [2.05, 4.69) is 103 Å². The number of aromatic amines is 2. The van der Waals surface area contributed by atoms with E-state index in [9.17, 15) is 0 Å². The second kappa shape index (κ2) is 8.42. The fourth-order valence-electron chi connectivity index (χ4n) is 1.86. The summed E-state index contributed by atoms with van der Waals surface area (Å²) in [5.74, 6) is 1.89. The first-order chi connectivity index (χ1) is 14.7. The number of H-pyrrole nitrogens is 2. The van der Waals surface area contributed by atoms with Crippen molar-refractivity contribution in [3.05, 3.63) is 5.82 Å². The van der Waals surface area contributed by atoms with E-state index in [0.29, 0.717) is 11.8 Å². The van der Waals surface area contributed by atoms with Gasteiger partial charge in [0, 0.05) is 7.05 Å². The zero-order valence-corrected chi connectivity index (χ0v) is 15.4. The van der Waals surface area contributed by atoms with Crippen molar-refractivity contribution in [3.63, 3.8) is 0 Å². The minimum absolute atomic E-state index is 0.0783. The van der Waals surface area contributed by atoms with Crippen molar-refractivity contribution in [2.45, 2.75) is 6.92 Å². The van der Waals surface area contributed by atoms with Crippen molar-refractivity contribution < 1.29 is 0 Å². The van der Waals surface area contributed by atoms with E-state index in [-0.39, 0.29) is 35.7 Å². The van der Waals surface area contributed by atoms with Crippen LogP contribution >= 0.6 is 0 Å². The molecule has 0 spiro atoms. The number of nitrogens with one attached hydrogen (secondary N) is 8. The summed E-state index contributed by atoms with van der Waals surface area (Å²) in [4.78, 5) is 8.18. The molecule has 4 rings (SSSR count). The lowest BCUT2D eigenvalue weighted by Crippen LogP contribution is -2.20. The quantitative estimate of drug-likeness (QED) is 0.136. The molecule has 0 atom stereocenters. The van der Waals surface area contributed by atoms with E-state index in [1.807, 2.05) is 0 Å². The van der Waals surface area contributed by atoms with Gasteiger partial charge in [0.25, 0.3) is 29.7 Å². The summed E-state index contributed by atoms with van der Waals surface area (Å²) in [6.07, 6.45) is 0. The van der Waals surface area contributed by atoms with Crippen molar-refractivity contribution in [1.82, 2.24) is 76.6 Å². The number of rotatable bonds is 9. The number of nitrogens with zero attached hydrogens (tertiary/aromatic N) is 12. The van der Waals surface area contributed by atoms with Crippen LogP contribution in [0.1, 0.15) is 5.82 Å². The maximum absolute atomic E-state index is 4.12. The van der Waals surface area contributed by atoms with Crippen LogP contribution < -0.4 is 32.3 Å². The molecule has 30 heavy (non-hydrogen) atoms. The Labute approximate surface area is 165 Å². The molecule has 0 aliphatic rings. The average molecular weight is 414 g/mol. The Morgan fingerprint density at radius 1 is 0.567 bits per heavy atom. The number of hydrogen-bond acceptors (Lipinski definition) is 18. The second-order valence-corrected chi connectivity index (χ2v) is 5.22. The van der Waals surface area contributed by atoms with Crippen LogP contribution in [0.4, 0.5) is 41.6 Å². The number of aromatic nitrogens is 14. The normalized spacial score (nSPS) is 10.5. The molecule has 154 valence electrons. The molecule has 0 aliphatic carbocycles. The van der Waals surface area contributed by atoms with E-state index in [4.69, 9.17) is 0 Å². The topological polar surface area (TPSA) is 258 Å². The van der Waals surface area contributed by atoms with Crippen molar-refractivity contribution in [2.24, 2.45) is 0 Å². The lowest BCUT2D eigenvalue weighted by atomic mass is 10.7. The molecule has 0 saturated heterocycles. The number of hydrogen-bond donors (Lipinski definition) is 8. The Kier molecular flexibility index (Phi) is 5.19. The fraction of sp³-hybridized carbons (Fsp3) is 0.200. The highest BCUT2D eigenvalue weighted by Gasteiger charge is 2.09. The smallest absolute Gasteiger partial charge is 0.280 e. The van der Waals surface area contributed by atoms with Gasteiger partial charge in [-0.3, -0.25) is 32.0 Å². The summed E-state index contributed by atoms with van der Waals surface area (Å²) in [7, 11) is 1.66. The summed E-state index contributed by atoms with van der Waals surface area (Å²) in [6.45, 7) is 1.76. The maximum atomic E-state index is 4.12. The van der Waals surface area contributed by atoms with Gasteiger partial charge in [-0.15, -0.1) is 51.0 Å². The van der Waals surface area contributed by atoms with Gasteiger partial charge in [0.05, 0.1) is 0 Å². The molecular formula is C10H14N20. The highest BCUT2D eigenvalue weighted by molar-refractivity contribution is 5.46. The Morgan fingerprint density at radius 3 is 1.67 bits per heavy atom. The van der Waals surface area contributed by atoms with Gasteiger partial charge >= 0.3 is 0 Å². The zero-order valence-electron chi connectivity index (χ0n) is 15.4. The molecule has 0 fully saturated rings. The summed E-state index contributed by atoms with van der Waals surface area (Å²) in [5.41, 5.74) is 10.6. The summed E-state index contributed by atoms with van der Waals surface area (Å²) in [6, 6.07) is 0. The predicted molar refractivity (Wildman–Crippen MR) is 99.2 cm³/mol. The predicted octanol–water partition coefficient (Wildman–Crippen LogP) is -2.14. The average Bonchev–Trinajstić information content (AvgIpc) is 3.38. The lowest BCUT2D eigenvalue weighted by Gasteiger charge is -2.04. The van der Waals surface area contributed by atoms with Gasteiger partial charge in [-0.25, -0.2) is 10.5 Å². The van der Waals surface area contributed by atoms with Gasteiger partial charge in [-0.2, -0.15) is 9.97 Å². The molecule has 0 unspecified atom stereocenters. The van der Waals surface area contributed by atoms with Gasteiger partial charge in [-0.05, 0) is 6.92 Å². The molecule has 4 aromatic heterocycles. The first-order valence-electron chi connectivity index (χ1n) is 8.13. The molecule has 0 radical (unpaired) electrons. The second-order valence-electron chi connectivity index (χ2n) is 5.22. The molecule has 0 aliphatic heterocycles.